The van der Waals surface area contributed by atoms with Gasteiger partial charge in [0.25, 0.3) is 0 Å². The predicted molar refractivity (Wildman–Crippen MR) is 79.0 cm³/mol. The van der Waals surface area contributed by atoms with E-state index in [0.29, 0.717) is 4.90 Å². The molecule has 2 aromatic rings. The Bertz CT molecular complexity index is 607. The van der Waals surface area contributed by atoms with Crippen molar-refractivity contribution in [1.82, 2.24) is 4.98 Å². The standard InChI is InChI=1S/C14H12FNO2S2/c15-11-3-1-2-4-13(11)20-8-7-19-10-5-6-16-12(9-10)14(17)18/h1-6,9H,7-8H2,(H,17,18). The van der Waals surface area contributed by atoms with Crippen molar-refractivity contribution in [1.29, 1.82) is 0 Å². The molecule has 0 radical (unpaired) electrons. The molecular weight excluding hydrogens is 297 g/mol. The Kier molecular flexibility index (Phi) is 5.43. The molecule has 0 unspecified atom stereocenters. The number of pyridine rings is 1. The smallest absolute Gasteiger partial charge is 0.354 e. The van der Waals surface area contributed by atoms with E-state index in [2.05, 4.69) is 4.98 Å². The molecule has 0 saturated carbocycles. The van der Waals surface area contributed by atoms with Crippen LogP contribution < -0.4 is 0 Å². The summed E-state index contributed by atoms with van der Waals surface area (Å²) in [5, 5.41) is 8.84. The molecule has 0 fully saturated rings. The normalized spacial score (nSPS) is 10.4. The Hall–Kier alpha value is -1.53. The molecule has 1 aromatic carbocycles. The lowest BCUT2D eigenvalue weighted by atomic mass is 10.3. The number of thioether (sulfide) groups is 2. The SMILES string of the molecule is O=C(O)c1cc(SCCSc2ccccc2F)ccn1. The Morgan fingerprint density at radius 2 is 1.95 bits per heavy atom. The highest BCUT2D eigenvalue weighted by atomic mass is 32.2. The number of carboxylic acids is 1. The number of hydrogen-bond acceptors (Lipinski definition) is 4. The predicted octanol–water partition coefficient (Wildman–Crippen LogP) is 3.80. The second kappa shape index (κ2) is 7.31. The summed E-state index contributed by atoms with van der Waals surface area (Å²) in [4.78, 5) is 16.0. The van der Waals surface area contributed by atoms with Gasteiger partial charge in [0.2, 0.25) is 0 Å². The number of aromatic nitrogens is 1. The van der Waals surface area contributed by atoms with Crippen molar-refractivity contribution in [2.24, 2.45) is 0 Å². The summed E-state index contributed by atoms with van der Waals surface area (Å²) in [5.74, 6) is 0.269. The van der Waals surface area contributed by atoms with Crippen LogP contribution in [-0.4, -0.2) is 27.6 Å². The minimum Gasteiger partial charge on any atom is -0.477 e. The van der Waals surface area contributed by atoms with Gasteiger partial charge in [0.1, 0.15) is 11.5 Å². The van der Waals surface area contributed by atoms with Crippen molar-refractivity contribution in [2.75, 3.05) is 11.5 Å². The number of aromatic carboxylic acids is 1. The number of nitrogens with zero attached hydrogens (tertiary/aromatic N) is 1. The average molecular weight is 309 g/mol. The van der Waals surface area contributed by atoms with Gasteiger partial charge in [-0.1, -0.05) is 12.1 Å². The zero-order valence-electron chi connectivity index (χ0n) is 10.5. The van der Waals surface area contributed by atoms with Gasteiger partial charge >= 0.3 is 5.97 Å². The first-order chi connectivity index (χ1) is 9.66. The second-order valence-electron chi connectivity index (χ2n) is 3.81. The van der Waals surface area contributed by atoms with Crippen molar-refractivity contribution < 1.29 is 14.3 Å². The molecule has 104 valence electrons. The van der Waals surface area contributed by atoms with E-state index in [-0.39, 0.29) is 11.5 Å². The highest BCUT2D eigenvalue weighted by molar-refractivity contribution is 8.03. The third kappa shape index (κ3) is 4.25. The molecule has 0 aliphatic heterocycles. The maximum absolute atomic E-state index is 13.4. The van der Waals surface area contributed by atoms with Gasteiger partial charge in [0.15, 0.2) is 0 Å². The van der Waals surface area contributed by atoms with Gasteiger partial charge in [-0.25, -0.2) is 14.2 Å². The topological polar surface area (TPSA) is 50.2 Å². The van der Waals surface area contributed by atoms with E-state index in [1.165, 1.54) is 35.8 Å². The third-order valence-electron chi connectivity index (χ3n) is 2.40. The van der Waals surface area contributed by atoms with E-state index < -0.39 is 5.97 Å². The Balaban J connectivity index is 1.83. The minimum absolute atomic E-state index is 0.0387. The van der Waals surface area contributed by atoms with Gasteiger partial charge in [-0.2, -0.15) is 0 Å². The average Bonchev–Trinajstić information content (AvgIpc) is 2.45. The van der Waals surface area contributed by atoms with Gasteiger partial charge in [-0.05, 0) is 24.3 Å². The second-order valence-corrected chi connectivity index (χ2v) is 6.11. The number of carboxylic acid groups (broad SMARTS) is 1. The van der Waals surface area contributed by atoms with Crippen LogP contribution in [0.3, 0.4) is 0 Å². The fourth-order valence-corrected chi connectivity index (χ4v) is 3.35. The summed E-state index contributed by atoms with van der Waals surface area (Å²) < 4.78 is 13.4. The van der Waals surface area contributed by atoms with Crippen molar-refractivity contribution in [3.63, 3.8) is 0 Å². The Morgan fingerprint density at radius 3 is 2.70 bits per heavy atom. The third-order valence-corrected chi connectivity index (χ3v) is 4.70. The quantitative estimate of drug-likeness (QED) is 0.649. The van der Waals surface area contributed by atoms with Crippen molar-refractivity contribution >= 4 is 29.5 Å². The van der Waals surface area contributed by atoms with Crippen LogP contribution in [0, 0.1) is 5.82 Å². The zero-order chi connectivity index (χ0) is 14.4. The Labute approximate surface area is 124 Å². The summed E-state index contributed by atoms with van der Waals surface area (Å²) in [6.45, 7) is 0. The molecule has 0 spiro atoms. The molecule has 1 N–H and O–H groups in total. The van der Waals surface area contributed by atoms with Crippen molar-refractivity contribution in [3.05, 3.63) is 54.1 Å². The maximum Gasteiger partial charge on any atom is 0.354 e. The number of carbonyl (C=O) groups is 1. The molecule has 0 amide bonds. The maximum atomic E-state index is 13.4. The zero-order valence-corrected chi connectivity index (χ0v) is 12.1. The summed E-state index contributed by atoms with van der Waals surface area (Å²) in [5.41, 5.74) is 0.0387. The number of benzene rings is 1. The lowest BCUT2D eigenvalue weighted by Gasteiger charge is -2.04. The van der Waals surface area contributed by atoms with E-state index in [0.717, 1.165) is 16.4 Å². The first kappa shape index (κ1) is 14.9. The van der Waals surface area contributed by atoms with Crippen LogP contribution >= 0.6 is 23.5 Å². The highest BCUT2D eigenvalue weighted by Gasteiger charge is 2.05. The Morgan fingerprint density at radius 1 is 1.20 bits per heavy atom. The number of hydrogen-bond donors (Lipinski definition) is 1. The lowest BCUT2D eigenvalue weighted by Crippen LogP contribution is -1.99. The lowest BCUT2D eigenvalue weighted by molar-refractivity contribution is 0.0690. The molecule has 0 saturated heterocycles. The van der Waals surface area contributed by atoms with Crippen molar-refractivity contribution in [3.8, 4) is 0 Å². The van der Waals surface area contributed by atoms with Gasteiger partial charge in [0.05, 0.1) is 0 Å². The first-order valence-electron chi connectivity index (χ1n) is 5.86. The van der Waals surface area contributed by atoms with Crippen LogP contribution in [0.4, 0.5) is 4.39 Å². The summed E-state index contributed by atoms with van der Waals surface area (Å²) in [6.07, 6.45) is 1.48. The van der Waals surface area contributed by atoms with Crippen molar-refractivity contribution in [2.45, 2.75) is 9.79 Å². The first-order valence-corrected chi connectivity index (χ1v) is 7.83. The molecule has 1 heterocycles. The summed E-state index contributed by atoms with van der Waals surface area (Å²) >= 11 is 2.98. The van der Waals surface area contributed by atoms with Crippen LogP contribution in [0.15, 0.2) is 52.4 Å². The van der Waals surface area contributed by atoms with Crippen LogP contribution in [-0.2, 0) is 0 Å². The monoisotopic (exact) mass is 309 g/mol. The highest BCUT2D eigenvalue weighted by Crippen LogP contribution is 2.24. The van der Waals surface area contributed by atoms with E-state index in [1.54, 1.807) is 30.3 Å². The number of rotatable bonds is 6. The summed E-state index contributed by atoms with van der Waals surface area (Å²) in [7, 11) is 0. The molecular formula is C14H12FNO2S2. The van der Waals surface area contributed by atoms with Gasteiger partial charge < -0.3 is 5.11 Å². The van der Waals surface area contributed by atoms with Crippen LogP contribution in [0.5, 0.6) is 0 Å². The van der Waals surface area contributed by atoms with Crippen LogP contribution in [0.2, 0.25) is 0 Å². The molecule has 0 aliphatic rings. The molecule has 0 atom stereocenters. The van der Waals surface area contributed by atoms with E-state index in [4.69, 9.17) is 5.11 Å². The molecule has 6 heteroatoms. The van der Waals surface area contributed by atoms with E-state index in [1.807, 2.05) is 0 Å². The number of halogens is 1. The van der Waals surface area contributed by atoms with Crippen LogP contribution in [0.1, 0.15) is 10.5 Å². The largest absolute Gasteiger partial charge is 0.477 e. The van der Waals surface area contributed by atoms with Gasteiger partial charge in [0, 0.05) is 27.5 Å². The van der Waals surface area contributed by atoms with E-state index in [9.17, 15) is 9.18 Å². The van der Waals surface area contributed by atoms with E-state index >= 15 is 0 Å². The fourth-order valence-electron chi connectivity index (χ4n) is 1.49. The van der Waals surface area contributed by atoms with Gasteiger partial charge in [-0.3, -0.25) is 0 Å². The summed E-state index contributed by atoms with van der Waals surface area (Å²) in [6, 6.07) is 9.97. The molecule has 20 heavy (non-hydrogen) atoms. The fraction of sp³-hybridized carbons (Fsp3) is 0.143. The molecule has 2 rings (SSSR count). The molecule has 3 nitrogen and oxygen atoms in total. The minimum atomic E-state index is -1.03. The van der Waals surface area contributed by atoms with Crippen LogP contribution in [0.25, 0.3) is 0 Å². The molecule has 0 bridgehead atoms. The van der Waals surface area contributed by atoms with Gasteiger partial charge in [-0.15, -0.1) is 23.5 Å². The molecule has 0 aliphatic carbocycles. The molecule has 1 aromatic heterocycles.